The minimum Gasteiger partial charge on any atom is -0.382 e. The van der Waals surface area contributed by atoms with Gasteiger partial charge in [-0.2, -0.15) is 0 Å². The molecule has 2 heteroatoms. The molecule has 0 spiro atoms. The fourth-order valence-electron chi connectivity index (χ4n) is 2.65. The van der Waals surface area contributed by atoms with Gasteiger partial charge in [0.15, 0.2) is 0 Å². The van der Waals surface area contributed by atoms with E-state index in [1.54, 1.807) is 7.11 Å². The maximum absolute atomic E-state index is 6.25. The van der Waals surface area contributed by atoms with Crippen LogP contribution >= 0.6 is 0 Å². The van der Waals surface area contributed by atoms with Crippen molar-refractivity contribution < 1.29 is 4.74 Å². The van der Waals surface area contributed by atoms with E-state index in [4.69, 9.17) is 10.5 Å². The average Bonchev–Trinajstić information content (AvgIpc) is 2.21. The molecule has 0 aliphatic heterocycles. The smallest absolute Gasteiger partial charge is 0.0558 e. The van der Waals surface area contributed by atoms with Crippen molar-refractivity contribution >= 4 is 0 Å². The van der Waals surface area contributed by atoms with E-state index in [0.717, 1.165) is 18.3 Å². The van der Waals surface area contributed by atoms with Gasteiger partial charge < -0.3 is 10.5 Å². The Morgan fingerprint density at radius 1 is 1.27 bits per heavy atom. The van der Waals surface area contributed by atoms with Gasteiger partial charge in [0.05, 0.1) is 6.10 Å². The van der Waals surface area contributed by atoms with Gasteiger partial charge >= 0.3 is 0 Å². The molecule has 5 atom stereocenters. The normalized spacial score (nSPS) is 36.2. The van der Waals surface area contributed by atoms with Gasteiger partial charge in [0.1, 0.15) is 0 Å². The number of ether oxygens (including phenoxy) is 1. The molecule has 2 N–H and O–H groups in total. The molecule has 1 aliphatic rings. The molecule has 2 nitrogen and oxygen atoms in total. The Hall–Kier alpha value is -0.0800. The lowest BCUT2D eigenvalue weighted by atomic mass is 9.72. The average molecular weight is 213 g/mol. The Bertz CT molecular complexity index is 183. The minimum atomic E-state index is 0.301. The molecule has 15 heavy (non-hydrogen) atoms. The summed E-state index contributed by atoms with van der Waals surface area (Å²) < 4.78 is 5.28. The van der Waals surface area contributed by atoms with Crippen LogP contribution in [0.25, 0.3) is 0 Å². The third-order valence-electron chi connectivity index (χ3n) is 4.25. The van der Waals surface area contributed by atoms with E-state index < -0.39 is 0 Å². The highest BCUT2D eigenvalue weighted by Gasteiger charge is 2.28. The first-order chi connectivity index (χ1) is 7.04. The van der Waals surface area contributed by atoms with E-state index in [1.807, 2.05) is 0 Å². The van der Waals surface area contributed by atoms with Crippen LogP contribution in [0, 0.1) is 17.8 Å². The molecule has 1 fully saturated rings. The largest absolute Gasteiger partial charge is 0.382 e. The predicted molar refractivity (Wildman–Crippen MR) is 64.7 cm³/mol. The first kappa shape index (κ1) is 13.0. The molecule has 0 saturated heterocycles. The Balaban J connectivity index is 2.37. The van der Waals surface area contributed by atoms with E-state index in [1.165, 1.54) is 19.3 Å². The van der Waals surface area contributed by atoms with E-state index in [9.17, 15) is 0 Å². The lowest BCUT2D eigenvalue weighted by molar-refractivity contribution is 0.0870. The van der Waals surface area contributed by atoms with E-state index in [2.05, 4.69) is 20.8 Å². The molecular weight excluding hydrogens is 186 g/mol. The molecule has 0 aromatic heterocycles. The first-order valence-corrected chi connectivity index (χ1v) is 6.33. The number of nitrogens with two attached hydrogens (primary N) is 1. The van der Waals surface area contributed by atoms with Crippen molar-refractivity contribution in [1.29, 1.82) is 0 Å². The quantitative estimate of drug-likeness (QED) is 0.779. The first-order valence-electron chi connectivity index (χ1n) is 6.33. The van der Waals surface area contributed by atoms with Crippen molar-refractivity contribution in [3.63, 3.8) is 0 Å². The standard InChI is InChI=1S/C13H27NO/c1-9-5-6-12(7-10(9)2)13(14)8-11(3)15-4/h9-13H,5-8,14H2,1-4H3. The van der Waals surface area contributed by atoms with Gasteiger partial charge in [-0.05, 0) is 43.9 Å². The molecule has 0 aromatic rings. The van der Waals surface area contributed by atoms with Crippen LogP contribution in [0.1, 0.15) is 46.5 Å². The Labute approximate surface area is 94.6 Å². The molecule has 5 unspecified atom stereocenters. The summed E-state index contributed by atoms with van der Waals surface area (Å²) >= 11 is 0. The van der Waals surface area contributed by atoms with Gasteiger partial charge in [-0.25, -0.2) is 0 Å². The van der Waals surface area contributed by atoms with Gasteiger partial charge in [0.2, 0.25) is 0 Å². The fourth-order valence-corrected chi connectivity index (χ4v) is 2.65. The van der Waals surface area contributed by atoms with E-state index in [0.29, 0.717) is 18.1 Å². The second-order valence-corrected chi connectivity index (χ2v) is 5.47. The predicted octanol–water partition coefficient (Wildman–Crippen LogP) is 2.81. The van der Waals surface area contributed by atoms with Crippen molar-refractivity contribution in [2.24, 2.45) is 23.5 Å². The van der Waals surface area contributed by atoms with Crippen molar-refractivity contribution in [2.75, 3.05) is 7.11 Å². The van der Waals surface area contributed by atoms with Crippen molar-refractivity contribution in [3.05, 3.63) is 0 Å². The van der Waals surface area contributed by atoms with Crippen LogP contribution in [-0.2, 0) is 4.74 Å². The molecular formula is C13H27NO. The molecule has 1 aliphatic carbocycles. The molecule has 0 aromatic carbocycles. The lowest BCUT2D eigenvalue weighted by Crippen LogP contribution is -2.37. The lowest BCUT2D eigenvalue weighted by Gasteiger charge is -2.35. The van der Waals surface area contributed by atoms with Gasteiger partial charge in [0, 0.05) is 13.2 Å². The van der Waals surface area contributed by atoms with E-state index in [-0.39, 0.29) is 0 Å². The van der Waals surface area contributed by atoms with Crippen molar-refractivity contribution in [3.8, 4) is 0 Å². The van der Waals surface area contributed by atoms with Gasteiger partial charge in [-0.3, -0.25) is 0 Å². The second-order valence-electron chi connectivity index (χ2n) is 5.47. The van der Waals surface area contributed by atoms with Gasteiger partial charge in [0.25, 0.3) is 0 Å². The van der Waals surface area contributed by atoms with Crippen LogP contribution in [-0.4, -0.2) is 19.3 Å². The van der Waals surface area contributed by atoms with Crippen LogP contribution in [0.5, 0.6) is 0 Å². The highest BCUT2D eigenvalue weighted by atomic mass is 16.5. The zero-order chi connectivity index (χ0) is 11.4. The summed E-state index contributed by atoms with van der Waals surface area (Å²) in [5.41, 5.74) is 6.25. The summed E-state index contributed by atoms with van der Waals surface area (Å²) in [5, 5.41) is 0. The maximum atomic E-state index is 6.25. The summed E-state index contributed by atoms with van der Waals surface area (Å²) in [6.07, 6.45) is 5.26. The molecule has 1 saturated carbocycles. The molecule has 0 bridgehead atoms. The third-order valence-corrected chi connectivity index (χ3v) is 4.25. The number of hydrogen-bond acceptors (Lipinski definition) is 2. The maximum Gasteiger partial charge on any atom is 0.0558 e. The molecule has 0 amide bonds. The van der Waals surface area contributed by atoms with Crippen molar-refractivity contribution in [2.45, 2.75) is 58.6 Å². The van der Waals surface area contributed by atoms with Crippen LogP contribution in [0.3, 0.4) is 0 Å². The minimum absolute atomic E-state index is 0.301. The molecule has 90 valence electrons. The Morgan fingerprint density at radius 3 is 2.47 bits per heavy atom. The number of methoxy groups -OCH3 is 1. The van der Waals surface area contributed by atoms with Crippen LogP contribution in [0.2, 0.25) is 0 Å². The summed E-state index contributed by atoms with van der Waals surface area (Å²) in [5.74, 6) is 2.44. The SMILES string of the molecule is COC(C)CC(N)C1CCC(C)C(C)C1. The van der Waals surface area contributed by atoms with Gasteiger partial charge in [-0.1, -0.05) is 20.3 Å². The zero-order valence-corrected chi connectivity index (χ0v) is 10.7. The Morgan fingerprint density at radius 2 is 1.93 bits per heavy atom. The summed E-state index contributed by atoms with van der Waals surface area (Å²) in [6, 6.07) is 0.329. The third kappa shape index (κ3) is 3.76. The van der Waals surface area contributed by atoms with Crippen molar-refractivity contribution in [1.82, 2.24) is 0 Å². The molecule has 0 heterocycles. The van der Waals surface area contributed by atoms with Gasteiger partial charge in [-0.15, -0.1) is 0 Å². The Kier molecular flexibility index (Phi) is 5.07. The summed E-state index contributed by atoms with van der Waals surface area (Å²) in [6.45, 7) is 6.84. The molecule has 0 radical (unpaired) electrons. The monoisotopic (exact) mass is 213 g/mol. The fraction of sp³-hybridized carbons (Fsp3) is 1.00. The summed E-state index contributed by atoms with van der Waals surface area (Å²) in [4.78, 5) is 0. The second kappa shape index (κ2) is 5.86. The zero-order valence-electron chi connectivity index (χ0n) is 10.7. The van der Waals surface area contributed by atoms with Crippen LogP contribution in [0.4, 0.5) is 0 Å². The highest BCUT2D eigenvalue weighted by molar-refractivity contribution is 4.82. The van der Waals surface area contributed by atoms with Crippen LogP contribution in [0.15, 0.2) is 0 Å². The van der Waals surface area contributed by atoms with Crippen LogP contribution < -0.4 is 5.73 Å². The highest BCUT2D eigenvalue weighted by Crippen LogP contribution is 2.35. The number of rotatable bonds is 4. The van der Waals surface area contributed by atoms with E-state index >= 15 is 0 Å². The topological polar surface area (TPSA) is 35.2 Å². The number of hydrogen-bond donors (Lipinski definition) is 1. The molecule has 1 rings (SSSR count). The summed E-state index contributed by atoms with van der Waals surface area (Å²) in [7, 11) is 1.77.